The van der Waals surface area contributed by atoms with Crippen LogP contribution in [0.2, 0.25) is 0 Å². The summed E-state index contributed by atoms with van der Waals surface area (Å²) in [6, 6.07) is 12.9. The molecule has 0 spiro atoms. The molecule has 1 unspecified atom stereocenters. The summed E-state index contributed by atoms with van der Waals surface area (Å²) in [6.07, 6.45) is 3.66. The molecule has 3 aromatic rings. The smallest absolute Gasteiger partial charge is 0.290 e. The summed E-state index contributed by atoms with van der Waals surface area (Å²) in [4.78, 5) is 16.2. The molecular weight excluding hydrogens is 346 g/mol. The second-order valence-electron chi connectivity index (χ2n) is 6.03. The molecule has 7 nitrogen and oxygen atoms in total. The number of carbonyl (C=O) groups excluding carboxylic acids is 1. The number of hydrogen-bond acceptors (Lipinski definition) is 6. The van der Waals surface area contributed by atoms with Crippen LogP contribution in [0.5, 0.6) is 11.5 Å². The van der Waals surface area contributed by atoms with Gasteiger partial charge in [-0.3, -0.25) is 9.78 Å². The van der Waals surface area contributed by atoms with E-state index in [1.807, 2.05) is 37.3 Å². The lowest BCUT2D eigenvalue weighted by molar-refractivity contribution is 0.0895. The van der Waals surface area contributed by atoms with Crippen LogP contribution in [-0.2, 0) is 6.42 Å². The number of ether oxygens (including phenoxy) is 2. The number of benzene rings is 1. The third kappa shape index (κ3) is 5.31. The lowest BCUT2D eigenvalue weighted by Crippen LogP contribution is -2.33. The third-order valence-corrected chi connectivity index (χ3v) is 3.85. The molecule has 7 heteroatoms. The van der Waals surface area contributed by atoms with Gasteiger partial charge in [-0.1, -0.05) is 17.3 Å². The zero-order chi connectivity index (χ0) is 19.1. The molecule has 0 aliphatic carbocycles. The summed E-state index contributed by atoms with van der Waals surface area (Å²) in [5.41, 5.74) is 1.74. The Morgan fingerprint density at radius 3 is 2.74 bits per heavy atom. The normalized spacial score (nSPS) is 11.6. The summed E-state index contributed by atoms with van der Waals surface area (Å²) < 4.78 is 16.0. The van der Waals surface area contributed by atoms with Crippen molar-refractivity contribution in [1.29, 1.82) is 0 Å². The number of rotatable bonds is 8. The number of amides is 1. The van der Waals surface area contributed by atoms with Gasteiger partial charge in [0.05, 0.1) is 25.5 Å². The minimum absolute atomic E-state index is 0.173. The van der Waals surface area contributed by atoms with Crippen molar-refractivity contribution in [3.8, 4) is 11.5 Å². The largest absolute Gasteiger partial charge is 0.497 e. The van der Waals surface area contributed by atoms with E-state index >= 15 is 0 Å². The quantitative estimate of drug-likeness (QED) is 0.659. The van der Waals surface area contributed by atoms with Crippen LogP contribution in [-0.4, -0.2) is 35.8 Å². The van der Waals surface area contributed by atoms with E-state index < -0.39 is 0 Å². The molecule has 0 fully saturated rings. The highest BCUT2D eigenvalue weighted by Crippen LogP contribution is 2.15. The zero-order valence-corrected chi connectivity index (χ0v) is 15.2. The summed E-state index contributed by atoms with van der Waals surface area (Å²) >= 11 is 0. The topological polar surface area (TPSA) is 86.5 Å². The molecule has 140 valence electrons. The Labute approximate surface area is 157 Å². The average molecular weight is 367 g/mol. The maximum atomic E-state index is 12.2. The molecule has 27 heavy (non-hydrogen) atoms. The van der Waals surface area contributed by atoms with E-state index in [0.717, 1.165) is 11.3 Å². The highest BCUT2D eigenvalue weighted by atomic mass is 16.5. The average Bonchev–Trinajstić information content (AvgIpc) is 3.16. The summed E-state index contributed by atoms with van der Waals surface area (Å²) in [5, 5.41) is 6.74. The van der Waals surface area contributed by atoms with Gasteiger partial charge in [-0.2, -0.15) is 0 Å². The highest BCUT2D eigenvalue weighted by molar-refractivity contribution is 5.91. The fourth-order valence-corrected chi connectivity index (χ4v) is 2.47. The molecule has 0 saturated carbocycles. The van der Waals surface area contributed by atoms with Crippen LogP contribution in [0.15, 0.2) is 59.4 Å². The Morgan fingerprint density at radius 1 is 1.22 bits per heavy atom. The van der Waals surface area contributed by atoms with Gasteiger partial charge in [-0.05, 0) is 36.8 Å². The van der Waals surface area contributed by atoms with Crippen molar-refractivity contribution < 1.29 is 18.8 Å². The summed E-state index contributed by atoms with van der Waals surface area (Å²) in [6.45, 7) is 2.20. The van der Waals surface area contributed by atoms with Crippen molar-refractivity contribution in [2.45, 2.75) is 19.4 Å². The predicted octanol–water partition coefficient (Wildman–Crippen LogP) is 2.87. The number of nitrogens with zero attached hydrogens (tertiary/aromatic N) is 2. The fourth-order valence-electron chi connectivity index (χ4n) is 2.47. The Bertz CT molecular complexity index is 862. The van der Waals surface area contributed by atoms with Crippen LogP contribution >= 0.6 is 0 Å². The minimum Gasteiger partial charge on any atom is -0.497 e. The Kier molecular flexibility index (Phi) is 6.04. The van der Waals surface area contributed by atoms with E-state index in [1.165, 1.54) is 0 Å². The fraction of sp³-hybridized carbons (Fsp3) is 0.250. The number of aromatic nitrogens is 2. The van der Waals surface area contributed by atoms with Crippen molar-refractivity contribution in [1.82, 2.24) is 15.5 Å². The lowest BCUT2D eigenvalue weighted by Gasteiger charge is -2.14. The van der Waals surface area contributed by atoms with Gasteiger partial charge in [0.2, 0.25) is 5.76 Å². The molecule has 0 saturated heterocycles. The molecule has 1 N–H and O–H groups in total. The van der Waals surface area contributed by atoms with E-state index in [0.29, 0.717) is 24.4 Å². The van der Waals surface area contributed by atoms with Crippen LogP contribution in [0, 0.1) is 0 Å². The van der Waals surface area contributed by atoms with E-state index in [1.54, 1.807) is 31.6 Å². The molecule has 1 aromatic carbocycles. The van der Waals surface area contributed by atoms with E-state index in [4.69, 9.17) is 14.0 Å². The van der Waals surface area contributed by atoms with Gasteiger partial charge < -0.3 is 19.3 Å². The van der Waals surface area contributed by atoms with Gasteiger partial charge in [-0.25, -0.2) is 0 Å². The number of pyridine rings is 1. The molecule has 2 aromatic heterocycles. The molecule has 0 radical (unpaired) electrons. The molecule has 3 rings (SSSR count). The first-order chi connectivity index (χ1) is 13.1. The standard InChI is InChI=1S/C20H21N3O4/c1-14(26-18-4-3-9-21-13-18)12-22-20(24)19-11-16(23-27-19)10-15-5-7-17(25-2)8-6-15/h3-9,11,13-14H,10,12H2,1-2H3,(H,22,24). The second-order valence-corrected chi connectivity index (χ2v) is 6.03. The molecule has 0 aliphatic heterocycles. The highest BCUT2D eigenvalue weighted by Gasteiger charge is 2.15. The molecule has 1 atom stereocenters. The number of methoxy groups -OCH3 is 1. The van der Waals surface area contributed by atoms with Gasteiger partial charge in [0, 0.05) is 18.7 Å². The Morgan fingerprint density at radius 2 is 2.04 bits per heavy atom. The second kappa shape index (κ2) is 8.84. The van der Waals surface area contributed by atoms with Gasteiger partial charge in [0.1, 0.15) is 17.6 Å². The number of carbonyl (C=O) groups is 1. The minimum atomic E-state index is -0.329. The first-order valence-corrected chi connectivity index (χ1v) is 8.57. The molecule has 0 bridgehead atoms. The predicted molar refractivity (Wildman–Crippen MR) is 99.0 cm³/mol. The maximum Gasteiger partial charge on any atom is 0.290 e. The van der Waals surface area contributed by atoms with Crippen LogP contribution in [0.25, 0.3) is 0 Å². The maximum absolute atomic E-state index is 12.2. The van der Waals surface area contributed by atoms with Crippen molar-refractivity contribution in [3.05, 3.63) is 71.9 Å². The molecular formula is C20H21N3O4. The van der Waals surface area contributed by atoms with Gasteiger partial charge in [-0.15, -0.1) is 0 Å². The van der Waals surface area contributed by atoms with Gasteiger partial charge >= 0.3 is 0 Å². The zero-order valence-electron chi connectivity index (χ0n) is 15.2. The summed E-state index contributed by atoms with van der Waals surface area (Å²) in [5.74, 6) is 1.29. The Hall–Kier alpha value is -3.35. The molecule has 0 aliphatic rings. The third-order valence-electron chi connectivity index (χ3n) is 3.85. The molecule has 1 amide bonds. The number of hydrogen-bond donors (Lipinski definition) is 1. The van der Waals surface area contributed by atoms with Crippen molar-refractivity contribution in [2.24, 2.45) is 0 Å². The molecule has 2 heterocycles. The Balaban J connectivity index is 1.50. The monoisotopic (exact) mass is 367 g/mol. The van der Waals surface area contributed by atoms with Crippen LogP contribution in [0.1, 0.15) is 28.7 Å². The van der Waals surface area contributed by atoms with E-state index in [-0.39, 0.29) is 17.8 Å². The van der Waals surface area contributed by atoms with Gasteiger partial charge in [0.25, 0.3) is 5.91 Å². The summed E-state index contributed by atoms with van der Waals surface area (Å²) in [7, 11) is 1.63. The van der Waals surface area contributed by atoms with E-state index in [2.05, 4.69) is 15.5 Å². The first kappa shape index (κ1) is 18.4. The first-order valence-electron chi connectivity index (χ1n) is 8.57. The number of nitrogens with one attached hydrogen (secondary N) is 1. The van der Waals surface area contributed by atoms with Crippen LogP contribution < -0.4 is 14.8 Å². The van der Waals surface area contributed by atoms with E-state index in [9.17, 15) is 4.79 Å². The van der Waals surface area contributed by atoms with Crippen molar-refractivity contribution >= 4 is 5.91 Å². The van der Waals surface area contributed by atoms with Gasteiger partial charge in [0.15, 0.2) is 0 Å². The SMILES string of the molecule is COc1ccc(Cc2cc(C(=O)NCC(C)Oc3cccnc3)on2)cc1. The lowest BCUT2D eigenvalue weighted by atomic mass is 10.1. The van der Waals surface area contributed by atoms with Crippen LogP contribution in [0.3, 0.4) is 0 Å². The van der Waals surface area contributed by atoms with Crippen molar-refractivity contribution in [2.75, 3.05) is 13.7 Å². The van der Waals surface area contributed by atoms with Crippen molar-refractivity contribution in [3.63, 3.8) is 0 Å². The van der Waals surface area contributed by atoms with Crippen LogP contribution in [0.4, 0.5) is 0 Å².